The number of nitriles is 1. The molecule has 1 aromatic carbocycles. The van der Waals surface area contributed by atoms with Gasteiger partial charge in [-0.1, -0.05) is 49.6 Å². The number of rotatable bonds is 5. The number of benzene rings is 1. The first-order chi connectivity index (χ1) is 13.8. The highest BCUT2D eigenvalue weighted by Gasteiger charge is 2.32. The zero-order valence-corrected chi connectivity index (χ0v) is 17.0. The molecule has 0 N–H and O–H groups in total. The van der Waals surface area contributed by atoms with Crippen molar-refractivity contribution < 1.29 is 0 Å². The maximum atomic E-state index is 9.13. The highest BCUT2D eigenvalue weighted by molar-refractivity contribution is 5.33. The van der Waals surface area contributed by atoms with Gasteiger partial charge in [-0.05, 0) is 54.9 Å². The Morgan fingerprint density at radius 2 is 1.86 bits per heavy atom. The van der Waals surface area contributed by atoms with Crippen LogP contribution in [0.4, 0.5) is 0 Å². The van der Waals surface area contributed by atoms with Gasteiger partial charge in [-0.2, -0.15) is 5.26 Å². The van der Waals surface area contributed by atoms with Crippen LogP contribution in [0.3, 0.4) is 0 Å². The van der Waals surface area contributed by atoms with Crippen molar-refractivity contribution in [1.29, 1.82) is 5.26 Å². The Morgan fingerprint density at radius 1 is 1.04 bits per heavy atom. The maximum Gasteiger partial charge on any atom is 0.0991 e. The normalized spacial score (nSPS) is 23.2. The van der Waals surface area contributed by atoms with Crippen molar-refractivity contribution >= 4 is 0 Å². The molecule has 2 fully saturated rings. The highest BCUT2D eigenvalue weighted by atomic mass is 15.3. The fourth-order valence-corrected chi connectivity index (χ4v) is 5.28. The molecular weight excluding hydrogens is 342 g/mol. The van der Waals surface area contributed by atoms with E-state index in [1.165, 1.54) is 50.5 Å². The van der Waals surface area contributed by atoms with Crippen LogP contribution in [0.2, 0.25) is 0 Å². The van der Waals surface area contributed by atoms with Gasteiger partial charge < -0.3 is 0 Å². The lowest BCUT2D eigenvalue weighted by molar-refractivity contribution is 0.0722. The molecule has 2 aliphatic carbocycles. The van der Waals surface area contributed by atoms with Gasteiger partial charge in [0, 0.05) is 38.8 Å². The van der Waals surface area contributed by atoms with Crippen molar-refractivity contribution in [3.63, 3.8) is 0 Å². The SMILES string of the molecule is N#Cc1cccc(CN2CCN(C(C3=CCCC=C3)C3CCCCC3)CC2)c1. The molecule has 1 atom stereocenters. The van der Waals surface area contributed by atoms with Crippen LogP contribution in [-0.2, 0) is 6.54 Å². The Bertz CT molecular complexity index is 743. The molecule has 1 saturated heterocycles. The average Bonchev–Trinajstić information content (AvgIpc) is 2.77. The second kappa shape index (κ2) is 9.54. The Hall–Kier alpha value is -1.89. The molecule has 0 bridgehead atoms. The number of hydrogen-bond donors (Lipinski definition) is 0. The lowest BCUT2D eigenvalue weighted by Crippen LogP contribution is -2.52. The van der Waals surface area contributed by atoms with E-state index in [1.807, 2.05) is 18.2 Å². The highest BCUT2D eigenvalue weighted by Crippen LogP contribution is 2.34. The van der Waals surface area contributed by atoms with Crippen LogP contribution in [0, 0.1) is 17.2 Å². The van der Waals surface area contributed by atoms with Crippen LogP contribution < -0.4 is 0 Å². The molecule has 1 aromatic rings. The summed E-state index contributed by atoms with van der Waals surface area (Å²) in [5, 5.41) is 9.13. The molecule has 3 nitrogen and oxygen atoms in total. The van der Waals surface area contributed by atoms with E-state index in [1.54, 1.807) is 5.57 Å². The number of hydrogen-bond acceptors (Lipinski definition) is 3. The van der Waals surface area contributed by atoms with E-state index in [0.29, 0.717) is 6.04 Å². The molecule has 1 unspecified atom stereocenters. The van der Waals surface area contributed by atoms with Crippen molar-refractivity contribution in [2.75, 3.05) is 26.2 Å². The number of piperazine rings is 1. The standard InChI is InChI=1S/C25H33N3/c26-19-21-8-7-9-22(18-21)20-27-14-16-28(17-15-27)25(23-10-3-1-4-11-23)24-12-5-2-6-13-24/h3,7-11,18,24-25H,1-2,4-6,12-17,20H2. The van der Waals surface area contributed by atoms with Crippen LogP contribution in [0.15, 0.2) is 48.1 Å². The molecule has 4 rings (SSSR count). The summed E-state index contributed by atoms with van der Waals surface area (Å²) in [5.41, 5.74) is 3.62. The monoisotopic (exact) mass is 375 g/mol. The van der Waals surface area contributed by atoms with Gasteiger partial charge in [0.1, 0.15) is 0 Å². The molecule has 0 aromatic heterocycles. The van der Waals surface area contributed by atoms with Crippen molar-refractivity contribution in [3.8, 4) is 6.07 Å². The third kappa shape index (κ3) is 4.74. The molecule has 1 heterocycles. The minimum absolute atomic E-state index is 0.626. The molecule has 1 aliphatic heterocycles. The summed E-state index contributed by atoms with van der Waals surface area (Å²) >= 11 is 0. The molecule has 0 amide bonds. The zero-order chi connectivity index (χ0) is 19.2. The molecule has 1 saturated carbocycles. The zero-order valence-electron chi connectivity index (χ0n) is 17.0. The van der Waals surface area contributed by atoms with Crippen molar-refractivity contribution in [1.82, 2.24) is 9.80 Å². The van der Waals surface area contributed by atoms with Crippen LogP contribution in [0.1, 0.15) is 56.1 Å². The molecule has 3 aliphatic rings. The predicted molar refractivity (Wildman–Crippen MR) is 115 cm³/mol. The summed E-state index contributed by atoms with van der Waals surface area (Å²) in [4.78, 5) is 5.33. The minimum atomic E-state index is 0.626. The second-order valence-corrected chi connectivity index (χ2v) is 8.65. The van der Waals surface area contributed by atoms with Gasteiger partial charge in [-0.25, -0.2) is 0 Å². The average molecular weight is 376 g/mol. The largest absolute Gasteiger partial charge is 0.297 e. The Kier molecular flexibility index (Phi) is 6.62. The predicted octanol–water partition coefficient (Wildman–Crippen LogP) is 4.90. The molecule has 3 heteroatoms. The van der Waals surface area contributed by atoms with E-state index in [0.717, 1.165) is 44.2 Å². The molecular formula is C25H33N3. The van der Waals surface area contributed by atoms with E-state index in [4.69, 9.17) is 5.26 Å². The molecule has 0 radical (unpaired) electrons. The van der Waals surface area contributed by atoms with Crippen molar-refractivity contribution in [2.24, 2.45) is 5.92 Å². The molecule has 0 spiro atoms. The van der Waals surface area contributed by atoms with E-state index >= 15 is 0 Å². The summed E-state index contributed by atoms with van der Waals surface area (Å²) in [7, 11) is 0. The fourth-order valence-electron chi connectivity index (χ4n) is 5.28. The second-order valence-electron chi connectivity index (χ2n) is 8.65. The van der Waals surface area contributed by atoms with E-state index in [9.17, 15) is 0 Å². The van der Waals surface area contributed by atoms with Crippen LogP contribution in [0.25, 0.3) is 0 Å². The topological polar surface area (TPSA) is 30.3 Å². The summed E-state index contributed by atoms with van der Waals surface area (Å²) in [6.07, 6.45) is 16.8. The van der Waals surface area contributed by atoms with Gasteiger partial charge in [0.2, 0.25) is 0 Å². The van der Waals surface area contributed by atoms with Crippen molar-refractivity contribution in [2.45, 2.75) is 57.5 Å². The number of allylic oxidation sites excluding steroid dienone is 2. The minimum Gasteiger partial charge on any atom is -0.297 e. The van der Waals surface area contributed by atoms with E-state index in [-0.39, 0.29) is 0 Å². The lowest BCUT2D eigenvalue weighted by Gasteiger charge is -2.44. The first kappa shape index (κ1) is 19.4. The van der Waals surface area contributed by atoms with Crippen LogP contribution in [0.5, 0.6) is 0 Å². The Morgan fingerprint density at radius 3 is 2.57 bits per heavy atom. The first-order valence-corrected chi connectivity index (χ1v) is 11.2. The van der Waals surface area contributed by atoms with E-state index in [2.05, 4.69) is 40.2 Å². The number of nitrogens with zero attached hydrogens (tertiary/aromatic N) is 3. The quantitative estimate of drug-likeness (QED) is 0.733. The van der Waals surface area contributed by atoms with Gasteiger partial charge >= 0.3 is 0 Å². The summed E-state index contributed by atoms with van der Waals surface area (Å²) in [5.74, 6) is 0.835. The lowest BCUT2D eigenvalue weighted by atomic mass is 9.79. The van der Waals surface area contributed by atoms with Crippen LogP contribution in [-0.4, -0.2) is 42.0 Å². The van der Waals surface area contributed by atoms with Gasteiger partial charge in [-0.3, -0.25) is 9.80 Å². The van der Waals surface area contributed by atoms with Crippen molar-refractivity contribution in [3.05, 3.63) is 59.2 Å². The molecule has 28 heavy (non-hydrogen) atoms. The summed E-state index contributed by atoms with van der Waals surface area (Å²) in [6, 6.07) is 11.0. The van der Waals surface area contributed by atoms with Gasteiger partial charge in [-0.15, -0.1) is 0 Å². The van der Waals surface area contributed by atoms with Gasteiger partial charge in [0.25, 0.3) is 0 Å². The Labute approximate surface area is 170 Å². The third-order valence-corrected chi connectivity index (χ3v) is 6.72. The van der Waals surface area contributed by atoms with Gasteiger partial charge in [0.15, 0.2) is 0 Å². The first-order valence-electron chi connectivity index (χ1n) is 11.2. The van der Waals surface area contributed by atoms with Crippen LogP contribution >= 0.6 is 0 Å². The maximum absolute atomic E-state index is 9.13. The summed E-state index contributed by atoms with van der Waals surface area (Å²) < 4.78 is 0. The third-order valence-electron chi connectivity index (χ3n) is 6.72. The smallest absolute Gasteiger partial charge is 0.0991 e. The molecule has 148 valence electrons. The Balaban J connectivity index is 1.40. The summed E-state index contributed by atoms with van der Waals surface area (Å²) in [6.45, 7) is 5.52. The van der Waals surface area contributed by atoms with Gasteiger partial charge in [0.05, 0.1) is 11.6 Å². The van der Waals surface area contributed by atoms with E-state index < -0.39 is 0 Å². The fraction of sp³-hybridized carbons (Fsp3) is 0.560.